The second-order valence-corrected chi connectivity index (χ2v) is 6.88. The van der Waals surface area contributed by atoms with Crippen molar-refractivity contribution in [1.82, 2.24) is 20.2 Å². The van der Waals surface area contributed by atoms with Crippen LogP contribution in [0.25, 0.3) is 0 Å². The summed E-state index contributed by atoms with van der Waals surface area (Å²) in [6.07, 6.45) is 0. The lowest BCUT2D eigenvalue weighted by Gasteiger charge is -2.29. The number of hydrogen-bond acceptors (Lipinski definition) is 6. The zero-order valence-electron chi connectivity index (χ0n) is 14.6. The van der Waals surface area contributed by atoms with Crippen molar-refractivity contribution in [3.63, 3.8) is 0 Å². The Morgan fingerprint density at radius 2 is 2.04 bits per heavy atom. The number of fused-ring (bicyclic) bond motifs is 1. The van der Waals surface area contributed by atoms with Crippen molar-refractivity contribution in [1.29, 1.82) is 0 Å². The molecule has 0 bridgehead atoms. The average Bonchev–Trinajstić information content (AvgIpc) is 3.05. The highest BCUT2D eigenvalue weighted by Gasteiger charge is 2.29. The molecule has 2 aliphatic heterocycles. The van der Waals surface area contributed by atoms with E-state index in [9.17, 15) is 4.39 Å². The van der Waals surface area contributed by atoms with Crippen LogP contribution in [0, 0.1) is 5.82 Å². The summed E-state index contributed by atoms with van der Waals surface area (Å²) in [4.78, 5) is 13.3. The van der Waals surface area contributed by atoms with E-state index in [2.05, 4.69) is 25.1 Å². The molecule has 4 rings (SSSR count). The highest BCUT2D eigenvalue weighted by atomic mass is 35.5. The van der Waals surface area contributed by atoms with Gasteiger partial charge in [-0.25, -0.2) is 14.4 Å². The minimum atomic E-state index is -0.258. The SMILES string of the molecule is COc1cccc(F)c1CN1Cc2nc(Cl)nc(N3CCNCC3)c2C1. The van der Waals surface area contributed by atoms with Gasteiger partial charge in [0.2, 0.25) is 5.28 Å². The molecule has 3 heterocycles. The first-order valence-corrected chi connectivity index (χ1v) is 9.08. The predicted octanol–water partition coefficient (Wildman–Crippen LogP) is 2.20. The molecule has 0 amide bonds. The van der Waals surface area contributed by atoms with Crippen molar-refractivity contribution in [2.45, 2.75) is 19.6 Å². The number of anilines is 1. The molecule has 2 aliphatic rings. The normalized spacial score (nSPS) is 17.4. The molecule has 138 valence electrons. The van der Waals surface area contributed by atoms with Crippen LogP contribution in [0.4, 0.5) is 10.2 Å². The van der Waals surface area contributed by atoms with Crippen LogP contribution in [0.2, 0.25) is 5.28 Å². The van der Waals surface area contributed by atoms with Crippen molar-refractivity contribution in [2.24, 2.45) is 0 Å². The van der Waals surface area contributed by atoms with E-state index in [1.807, 2.05) is 0 Å². The number of nitrogens with zero attached hydrogens (tertiary/aromatic N) is 4. The number of nitrogens with one attached hydrogen (secondary N) is 1. The van der Waals surface area contributed by atoms with E-state index in [0.29, 0.717) is 30.9 Å². The van der Waals surface area contributed by atoms with Gasteiger partial charge in [0.15, 0.2) is 0 Å². The molecule has 0 spiro atoms. The van der Waals surface area contributed by atoms with Gasteiger partial charge in [-0.15, -0.1) is 0 Å². The molecular formula is C18H21ClFN5O. The van der Waals surface area contributed by atoms with Gasteiger partial charge >= 0.3 is 0 Å². The van der Waals surface area contributed by atoms with Gasteiger partial charge < -0.3 is 15.0 Å². The smallest absolute Gasteiger partial charge is 0.224 e. The van der Waals surface area contributed by atoms with Gasteiger partial charge in [-0.3, -0.25) is 4.90 Å². The van der Waals surface area contributed by atoms with Gasteiger partial charge in [0.1, 0.15) is 17.4 Å². The third-order valence-corrected chi connectivity index (χ3v) is 5.06. The molecule has 0 unspecified atom stereocenters. The minimum Gasteiger partial charge on any atom is -0.496 e. The summed E-state index contributed by atoms with van der Waals surface area (Å²) < 4.78 is 19.6. The van der Waals surface area contributed by atoms with Crippen LogP contribution in [0.15, 0.2) is 18.2 Å². The van der Waals surface area contributed by atoms with Gasteiger partial charge in [0.25, 0.3) is 0 Å². The van der Waals surface area contributed by atoms with Crippen LogP contribution in [-0.4, -0.2) is 48.2 Å². The third kappa shape index (κ3) is 3.34. The van der Waals surface area contributed by atoms with Crippen LogP contribution < -0.4 is 15.0 Å². The molecular weight excluding hydrogens is 357 g/mol. The Morgan fingerprint density at radius 1 is 1.23 bits per heavy atom. The lowest BCUT2D eigenvalue weighted by Crippen LogP contribution is -2.44. The molecule has 1 aromatic heterocycles. The van der Waals surface area contributed by atoms with Gasteiger partial charge in [0, 0.05) is 56.9 Å². The van der Waals surface area contributed by atoms with E-state index in [0.717, 1.165) is 43.3 Å². The van der Waals surface area contributed by atoms with Gasteiger partial charge in [-0.1, -0.05) is 6.07 Å². The molecule has 1 saturated heterocycles. The summed E-state index contributed by atoms with van der Waals surface area (Å²) in [7, 11) is 1.56. The Labute approximate surface area is 156 Å². The monoisotopic (exact) mass is 377 g/mol. The summed E-state index contributed by atoms with van der Waals surface area (Å²) in [5, 5.41) is 3.61. The molecule has 0 aliphatic carbocycles. The van der Waals surface area contributed by atoms with E-state index < -0.39 is 0 Å². The molecule has 1 N–H and O–H groups in total. The molecule has 26 heavy (non-hydrogen) atoms. The lowest BCUT2D eigenvalue weighted by molar-refractivity contribution is 0.263. The molecule has 0 radical (unpaired) electrons. The minimum absolute atomic E-state index is 0.258. The fourth-order valence-corrected chi connectivity index (χ4v) is 3.81. The molecule has 1 fully saturated rings. The number of benzene rings is 1. The van der Waals surface area contributed by atoms with Crippen molar-refractivity contribution in [3.05, 3.63) is 46.1 Å². The maximum absolute atomic E-state index is 14.3. The Morgan fingerprint density at radius 3 is 2.81 bits per heavy atom. The first-order chi connectivity index (χ1) is 12.7. The van der Waals surface area contributed by atoms with Crippen molar-refractivity contribution >= 4 is 17.4 Å². The third-order valence-electron chi connectivity index (χ3n) is 4.89. The first kappa shape index (κ1) is 17.5. The summed E-state index contributed by atoms with van der Waals surface area (Å²) >= 11 is 6.17. The number of halogens is 2. The van der Waals surface area contributed by atoms with Crippen LogP contribution in [0.1, 0.15) is 16.8 Å². The van der Waals surface area contributed by atoms with Crippen LogP contribution in [0.5, 0.6) is 5.75 Å². The summed E-state index contributed by atoms with van der Waals surface area (Å²) in [5.41, 5.74) is 2.58. The number of hydrogen-bond donors (Lipinski definition) is 1. The first-order valence-electron chi connectivity index (χ1n) is 8.70. The summed E-state index contributed by atoms with van der Waals surface area (Å²) in [6, 6.07) is 4.90. The largest absolute Gasteiger partial charge is 0.496 e. The number of rotatable bonds is 4. The topological polar surface area (TPSA) is 53.5 Å². The second kappa shape index (κ2) is 7.34. The number of ether oxygens (including phenoxy) is 1. The molecule has 0 atom stereocenters. The Kier molecular flexibility index (Phi) is 4.93. The molecule has 0 saturated carbocycles. The number of aromatic nitrogens is 2. The zero-order chi connectivity index (χ0) is 18.1. The maximum atomic E-state index is 14.3. The number of methoxy groups -OCH3 is 1. The quantitative estimate of drug-likeness (QED) is 0.824. The van der Waals surface area contributed by atoms with Gasteiger partial charge in [0.05, 0.1) is 12.8 Å². The van der Waals surface area contributed by atoms with Crippen molar-refractivity contribution < 1.29 is 9.13 Å². The summed E-state index contributed by atoms with van der Waals surface area (Å²) in [5.74, 6) is 1.21. The van der Waals surface area contributed by atoms with E-state index >= 15 is 0 Å². The molecule has 2 aromatic rings. The summed E-state index contributed by atoms with van der Waals surface area (Å²) in [6.45, 7) is 5.36. The Bertz CT molecular complexity index is 812. The lowest BCUT2D eigenvalue weighted by atomic mass is 10.1. The standard InChI is InChI=1S/C18H21ClFN5O/c1-26-16-4-2-3-14(20)12(16)9-24-10-13-15(11-24)22-18(19)23-17(13)25-7-5-21-6-8-25/h2-4,21H,5-11H2,1H3. The number of piperazine rings is 1. The second-order valence-electron chi connectivity index (χ2n) is 6.54. The van der Waals surface area contributed by atoms with E-state index in [1.165, 1.54) is 6.07 Å². The fraction of sp³-hybridized carbons (Fsp3) is 0.444. The Balaban J connectivity index is 1.59. The van der Waals surface area contributed by atoms with E-state index in [4.69, 9.17) is 16.3 Å². The van der Waals surface area contributed by atoms with Crippen molar-refractivity contribution in [3.8, 4) is 5.75 Å². The van der Waals surface area contributed by atoms with E-state index in [-0.39, 0.29) is 11.1 Å². The maximum Gasteiger partial charge on any atom is 0.224 e. The van der Waals surface area contributed by atoms with E-state index in [1.54, 1.807) is 19.2 Å². The predicted molar refractivity (Wildman–Crippen MR) is 98.0 cm³/mol. The van der Waals surface area contributed by atoms with Crippen LogP contribution in [0.3, 0.4) is 0 Å². The van der Waals surface area contributed by atoms with Gasteiger partial charge in [-0.05, 0) is 23.7 Å². The van der Waals surface area contributed by atoms with Crippen LogP contribution in [-0.2, 0) is 19.6 Å². The molecule has 1 aromatic carbocycles. The molecule has 6 nitrogen and oxygen atoms in total. The Hall–Kier alpha value is -1.96. The van der Waals surface area contributed by atoms with Crippen LogP contribution >= 0.6 is 11.6 Å². The molecule has 8 heteroatoms. The highest BCUT2D eigenvalue weighted by Crippen LogP contribution is 2.33. The highest BCUT2D eigenvalue weighted by molar-refractivity contribution is 6.28. The zero-order valence-corrected chi connectivity index (χ0v) is 15.4. The van der Waals surface area contributed by atoms with Gasteiger partial charge in [-0.2, -0.15) is 0 Å². The average molecular weight is 378 g/mol. The fourth-order valence-electron chi connectivity index (χ4n) is 3.63. The van der Waals surface area contributed by atoms with Crippen molar-refractivity contribution in [2.75, 3.05) is 38.2 Å².